The summed E-state index contributed by atoms with van der Waals surface area (Å²) in [6.07, 6.45) is 3.15. The number of nitrogens with zero attached hydrogens (tertiary/aromatic N) is 4. The number of nitro benzene ring substituents is 1. The van der Waals surface area contributed by atoms with Crippen molar-refractivity contribution in [1.82, 2.24) is 14.7 Å². The molecule has 0 unspecified atom stereocenters. The zero-order valence-electron chi connectivity index (χ0n) is 14.4. The van der Waals surface area contributed by atoms with E-state index in [4.69, 9.17) is 5.10 Å². The van der Waals surface area contributed by atoms with Crippen LogP contribution in [0.15, 0.2) is 24.3 Å². The maximum absolute atomic E-state index is 11.4. The highest BCUT2D eigenvalue weighted by atomic mass is 16.6. The van der Waals surface area contributed by atoms with Crippen LogP contribution in [0.25, 0.3) is 5.69 Å². The molecule has 2 aliphatic rings. The maximum Gasteiger partial charge on any atom is 0.294 e. The Labute approximate surface area is 146 Å². The lowest BCUT2D eigenvalue weighted by atomic mass is 9.91. The number of hydrogen-bond acceptors (Lipinski definition) is 5. The number of nitrogens with one attached hydrogen (secondary N) is 1. The molecule has 1 saturated heterocycles. The molecule has 0 radical (unpaired) electrons. The molecule has 0 spiro atoms. The second-order valence-corrected chi connectivity index (χ2v) is 6.76. The predicted molar refractivity (Wildman–Crippen MR) is 96.5 cm³/mol. The van der Waals surface area contributed by atoms with E-state index in [1.165, 1.54) is 11.6 Å². The molecule has 1 aromatic heterocycles. The highest BCUT2D eigenvalue weighted by Gasteiger charge is 2.31. The molecule has 0 aliphatic carbocycles. The third-order valence-electron chi connectivity index (χ3n) is 5.41. The van der Waals surface area contributed by atoms with Gasteiger partial charge in [0.25, 0.3) is 5.69 Å². The van der Waals surface area contributed by atoms with Crippen LogP contribution in [0.4, 0.5) is 11.5 Å². The van der Waals surface area contributed by atoms with E-state index in [0.29, 0.717) is 11.6 Å². The van der Waals surface area contributed by atoms with Gasteiger partial charge in [-0.3, -0.25) is 10.1 Å². The molecule has 2 aliphatic heterocycles. The van der Waals surface area contributed by atoms with Gasteiger partial charge in [0.2, 0.25) is 0 Å². The van der Waals surface area contributed by atoms with Gasteiger partial charge >= 0.3 is 0 Å². The van der Waals surface area contributed by atoms with Crippen LogP contribution < -0.4 is 5.32 Å². The third-order valence-corrected chi connectivity index (χ3v) is 5.41. The molecule has 2 aromatic rings. The van der Waals surface area contributed by atoms with E-state index < -0.39 is 0 Å². The van der Waals surface area contributed by atoms with Crippen LogP contribution in [0.5, 0.6) is 0 Å². The highest BCUT2D eigenvalue weighted by molar-refractivity contribution is 5.62. The lowest BCUT2D eigenvalue weighted by Gasteiger charge is -2.30. The van der Waals surface area contributed by atoms with Crippen molar-refractivity contribution in [2.24, 2.45) is 0 Å². The Bertz CT molecular complexity index is 793. The third kappa shape index (κ3) is 2.78. The summed E-state index contributed by atoms with van der Waals surface area (Å²) < 4.78 is 1.75. The summed E-state index contributed by atoms with van der Waals surface area (Å²) in [4.78, 5) is 13.5. The van der Waals surface area contributed by atoms with Crippen molar-refractivity contribution in [3.63, 3.8) is 0 Å². The average molecular weight is 341 g/mol. The summed E-state index contributed by atoms with van der Waals surface area (Å²) in [6, 6.07) is 6.83. The molecule has 25 heavy (non-hydrogen) atoms. The Morgan fingerprint density at radius 1 is 1.32 bits per heavy atom. The zero-order valence-corrected chi connectivity index (χ0v) is 14.4. The predicted octanol–water partition coefficient (Wildman–Crippen LogP) is 2.95. The van der Waals surface area contributed by atoms with E-state index in [9.17, 15) is 10.1 Å². The van der Waals surface area contributed by atoms with Gasteiger partial charge in [0, 0.05) is 24.1 Å². The fourth-order valence-corrected chi connectivity index (χ4v) is 4.02. The number of para-hydroxylation sites is 2. The standard InChI is InChI=1S/C18H23N5O2/c1-2-21-11-8-13(9-12-21)17-14-7-10-19-18(14)22(20-17)15-5-3-4-6-16(15)23(24)25/h3-6,13,19H,2,7-12H2,1H3. The first-order valence-electron chi connectivity index (χ1n) is 9.00. The minimum Gasteiger partial charge on any atom is -0.369 e. The van der Waals surface area contributed by atoms with Crippen molar-refractivity contribution < 1.29 is 4.92 Å². The van der Waals surface area contributed by atoms with Crippen LogP contribution >= 0.6 is 0 Å². The van der Waals surface area contributed by atoms with Crippen molar-refractivity contribution in [2.45, 2.75) is 32.1 Å². The van der Waals surface area contributed by atoms with Crippen molar-refractivity contribution in [2.75, 3.05) is 31.5 Å². The fraction of sp³-hybridized carbons (Fsp3) is 0.500. The molecule has 0 saturated carbocycles. The molecule has 4 rings (SSSR count). The molecule has 1 fully saturated rings. The Morgan fingerprint density at radius 3 is 2.80 bits per heavy atom. The second kappa shape index (κ2) is 6.48. The van der Waals surface area contributed by atoms with Gasteiger partial charge in [0.05, 0.1) is 10.6 Å². The number of hydrogen-bond donors (Lipinski definition) is 1. The van der Waals surface area contributed by atoms with Gasteiger partial charge in [-0.1, -0.05) is 19.1 Å². The molecular formula is C18H23N5O2. The smallest absolute Gasteiger partial charge is 0.294 e. The molecule has 0 amide bonds. The first-order valence-corrected chi connectivity index (χ1v) is 9.00. The number of anilines is 1. The van der Waals surface area contributed by atoms with Crippen molar-refractivity contribution in [3.05, 3.63) is 45.6 Å². The Balaban J connectivity index is 1.73. The summed E-state index contributed by atoms with van der Waals surface area (Å²) in [7, 11) is 0. The normalized spacial score (nSPS) is 18.1. The summed E-state index contributed by atoms with van der Waals surface area (Å²) in [5, 5.41) is 19.6. The van der Waals surface area contributed by atoms with E-state index in [1.807, 2.05) is 6.07 Å². The van der Waals surface area contributed by atoms with Crippen molar-refractivity contribution in [1.29, 1.82) is 0 Å². The lowest BCUT2D eigenvalue weighted by Crippen LogP contribution is -2.33. The number of rotatable bonds is 4. The van der Waals surface area contributed by atoms with Gasteiger partial charge in [-0.05, 0) is 45.0 Å². The van der Waals surface area contributed by atoms with E-state index in [2.05, 4.69) is 17.1 Å². The fourth-order valence-electron chi connectivity index (χ4n) is 4.02. The molecule has 1 N–H and O–H groups in total. The number of piperidine rings is 1. The molecule has 3 heterocycles. The zero-order chi connectivity index (χ0) is 17.4. The molecule has 132 valence electrons. The van der Waals surface area contributed by atoms with Crippen LogP contribution in [-0.2, 0) is 6.42 Å². The lowest BCUT2D eigenvalue weighted by molar-refractivity contribution is -0.384. The summed E-state index contributed by atoms with van der Waals surface area (Å²) in [6.45, 7) is 6.36. The number of fused-ring (bicyclic) bond motifs is 1. The molecule has 0 bridgehead atoms. The highest BCUT2D eigenvalue weighted by Crippen LogP contribution is 2.38. The first-order chi connectivity index (χ1) is 12.2. The number of benzene rings is 1. The van der Waals surface area contributed by atoms with E-state index in [-0.39, 0.29) is 10.6 Å². The molecule has 1 aromatic carbocycles. The minimum absolute atomic E-state index is 0.0915. The van der Waals surface area contributed by atoms with Crippen LogP contribution in [0.1, 0.15) is 36.9 Å². The van der Waals surface area contributed by atoms with Crippen LogP contribution in [-0.4, -0.2) is 45.8 Å². The monoisotopic (exact) mass is 341 g/mol. The Morgan fingerprint density at radius 2 is 2.08 bits per heavy atom. The first kappa shape index (κ1) is 16.1. The number of aromatic nitrogens is 2. The summed E-state index contributed by atoms with van der Waals surface area (Å²) >= 11 is 0. The number of likely N-dealkylation sites (tertiary alicyclic amines) is 1. The minimum atomic E-state index is -0.336. The summed E-state index contributed by atoms with van der Waals surface area (Å²) in [5.74, 6) is 1.38. The molecule has 7 nitrogen and oxygen atoms in total. The van der Waals surface area contributed by atoms with Gasteiger partial charge in [0.15, 0.2) is 0 Å². The second-order valence-electron chi connectivity index (χ2n) is 6.76. The van der Waals surface area contributed by atoms with Crippen molar-refractivity contribution >= 4 is 11.5 Å². The van der Waals surface area contributed by atoms with Gasteiger partial charge < -0.3 is 10.2 Å². The Kier molecular flexibility index (Phi) is 4.17. The van der Waals surface area contributed by atoms with Crippen LogP contribution in [0, 0.1) is 10.1 Å². The quantitative estimate of drug-likeness (QED) is 0.683. The van der Waals surface area contributed by atoms with Crippen LogP contribution in [0.2, 0.25) is 0 Å². The van der Waals surface area contributed by atoms with E-state index >= 15 is 0 Å². The Hall–Kier alpha value is -2.41. The van der Waals surface area contributed by atoms with Gasteiger partial charge in [-0.2, -0.15) is 5.10 Å². The average Bonchev–Trinajstić information content (AvgIpc) is 3.24. The maximum atomic E-state index is 11.4. The van der Waals surface area contributed by atoms with Gasteiger partial charge in [-0.15, -0.1) is 0 Å². The largest absolute Gasteiger partial charge is 0.369 e. The summed E-state index contributed by atoms with van der Waals surface area (Å²) in [5.41, 5.74) is 3.01. The molecular weight excluding hydrogens is 318 g/mol. The molecule has 0 atom stereocenters. The molecule has 7 heteroatoms. The van der Waals surface area contributed by atoms with E-state index in [0.717, 1.165) is 57.0 Å². The SMILES string of the molecule is CCN1CCC(c2nn(-c3ccccc3[N+](=O)[O-])c3c2CCN3)CC1. The van der Waals surface area contributed by atoms with E-state index in [1.54, 1.807) is 16.8 Å². The van der Waals surface area contributed by atoms with Crippen LogP contribution in [0.3, 0.4) is 0 Å². The topological polar surface area (TPSA) is 76.2 Å². The van der Waals surface area contributed by atoms with Gasteiger partial charge in [0.1, 0.15) is 11.5 Å². The van der Waals surface area contributed by atoms with Gasteiger partial charge in [-0.25, -0.2) is 4.68 Å². The number of nitro groups is 1. The van der Waals surface area contributed by atoms with Crippen molar-refractivity contribution in [3.8, 4) is 5.69 Å².